The Morgan fingerprint density at radius 1 is 0.451 bits per heavy atom. The van der Waals surface area contributed by atoms with Crippen LogP contribution in [0.3, 0.4) is 0 Å². The Morgan fingerprint density at radius 2 is 0.901 bits per heavy atom. The molecule has 350 valence electrons. The first kappa shape index (κ1) is 45.9. The van der Waals surface area contributed by atoms with Crippen LogP contribution in [0.15, 0.2) is 253 Å². The fourth-order valence-corrected chi connectivity index (χ4v) is 12.7. The summed E-state index contributed by atoms with van der Waals surface area (Å²) in [7, 11) is 4.55. The molecule has 2 aliphatic heterocycles. The summed E-state index contributed by atoms with van der Waals surface area (Å²) in [6.07, 6.45) is 20.4. The topological polar surface area (TPSA) is 6.25 Å². The van der Waals surface area contributed by atoms with Gasteiger partial charge in [0.2, 0.25) is 5.69 Å². The second-order valence-electron chi connectivity index (χ2n) is 21.4. The minimum Gasteiger partial charge on any atom is -0.347 e. The van der Waals surface area contributed by atoms with E-state index in [4.69, 9.17) is 0 Å². The Morgan fingerprint density at radius 3 is 1.44 bits per heavy atom. The molecule has 1 aliphatic carbocycles. The number of anilines is 1. The molecule has 8 aromatic carbocycles. The SMILES string of the molecule is CN1/C(=C/C=C/C2=CC(=C/C=C/C3=[N+](C)c4ccc5ccccc5c4C3(Cc3ccccc3)Cc3ccccc3)/C(C)(C)C2(C)C)C(Cc2ccccc2)(Cc2ccccc2)c2c1ccc1ccccc21. The third-order valence-corrected chi connectivity index (χ3v) is 17.0. The van der Waals surface area contributed by atoms with Gasteiger partial charge in [0.15, 0.2) is 5.71 Å². The summed E-state index contributed by atoms with van der Waals surface area (Å²) < 4.78 is 2.47. The average molecular weight is 922 g/mol. The van der Waals surface area contributed by atoms with Crippen molar-refractivity contribution in [2.45, 2.75) is 64.2 Å². The zero-order valence-corrected chi connectivity index (χ0v) is 42.2. The first-order valence-electron chi connectivity index (χ1n) is 25.6. The third-order valence-electron chi connectivity index (χ3n) is 17.0. The van der Waals surface area contributed by atoms with Crippen molar-refractivity contribution in [2.75, 3.05) is 19.0 Å². The number of likely N-dealkylation sites (N-methyl/N-ethyl adjacent to an activating group) is 1. The molecule has 0 atom stereocenters. The van der Waals surface area contributed by atoms with Gasteiger partial charge in [-0.2, -0.15) is 4.58 Å². The highest BCUT2D eigenvalue weighted by atomic mass is 15.2. The Bertz CT molecular complexity index is 3390. The van der Waals surface area contributed by atoms with Crippen molar-refractivity contribution < 1.29 is 4.58 Å². The van der Waals surface area contributed by atoms with E-state index in [1.54, 1.807) is 0 Å². The molecule has 0 fully saturated rings. The summed E-state index contributed by atoms with van der Waals surface area (Å²) in [6, 6.07) is 71.6. The first-order valence-corrected chi connectivity index (χ1v) is 25.6. The van der Waals surface area contributed by atoms with Gasteiger partial charge in [-0.1, -0.05) is 234 Å². The number of hydrogen-bond donors (Lipinski definition) is 0. The van der Waals surface area contributed by atoms with Gasteiger partial charge in [-0.15, -0.1) is 0 Å². The van der Waals surface area contributed by atoms with Crippen molar-refractivity contribution in [1.82, 2.24) is 0 Å². The molecule has 11 rings (SSSR count). The number of hydrogen-bond acceptors (Lipinski definition) is 1. The van der Waals surface area contributed by atoms with Crippen molar-refractivity contribution in [2.24, 2.45) is 10.8 Å². The molecule has 0 radical (unpaired) electrons. The van der Waals surface area contributed by atoms with Gasteiger partial charge in [0, 0.05) is 41.6 Å². The van der Waals surface area contributed by atoms with Gasteiger partial charge in [0.1, 0.15) is 7.05 Å². The van der Waals surface area contributed by atoms with Crippen LogP contribution >= 0.6 is 0 Å². The summed E-state index contributed by atoms with van der Waals surface area (Å²) in [6.45, 7) is 9.69. The molecule has 0 unspecified atom stereocenters. The van der Waals surface area contributed by atoms with Gasteiger partial charge in [-0.25, -0.2) is 0 Å². The van der Waals surface area contributed by atoms with Gasteiger partial charge in [-0.3, -0.25) is 0 Å². The van der Waals surface area contributed by atoms with Crippen molar-refractivity contribution in [3.8, 4) is 0 Å². The highest BCUT2D eigenvalue weighted by molar-refractivity contribution is 6.08. The zero-order valence-electron chi connectivity index (χ0n) is 42.2. The van der Waals surface area contributed by atoms with Gasteiger partial charge in [0.05, 0.1) is 5.41 Å². The molecule has 2 nitrogen and oxygen atoms in total. The molecule has 71 heavy (non-hydrogen) atoms. The molecular formula is C69H65N2+. The van der Waals surface area contributed by atoms with E-state index in [0.717, 1.165) is 25.7 Å². The van der Waals surface area contributed by atoms with Crippen LogP contribution in [0.4, 0.5) is 11.4 Å². The fourth-order valence-electron chi connectivity index (χ4n) is 12.7. The van der Waals surface area contributed by atoms with E-state index in [9.17, 15) is 0 Å². The maximum atomic E-state index is 2.47. The zero-order chi connectivity index (χ0) is 48.8. The summed E-state index contributed by atoms with van der Waals surface area (Å²) >= 11 is 0. The van der Waals surface area contributed by atoms with Crippen molar-refractivity contribution in [3.63, 3.8) is 0 Å². The molecule has 0 saturated heterocycles. The smallest absolute Gasteiger partial charge is 0.210 e. The lowest BCUT2D eigenvalue weighted by Crippen LogP contribution is -2.39. The summed E-state index contributed by atoms with van der Waals surface area (Å²) in [5, 5.41) is 5.22. The predicted molar refractivity (Wildman–Crippen MR) is 301 cm³/mol. The number of fused-ring (bicyclic) bond motifs is 6. The molecule has 8 aromatic rings. The van der Waals surface area contributed by atoms with Crippen LogP contribution in [0, 0.1) is 10.8 Å². The summed E-state index contributed by atoms with van der Waals surface area (Å²) in [5.41, 5.74) is 15.2. The molecular weight excluding hydrogens is 857 g/mol. The van der Waals surface area contributed by atoms with Crippen molar-refractivity contribution >= 4 is 38.6 Å². The van der Waals surface area contributed by atoms with E-state index < -0.39 is 0 Å². The van der Waals surface area contributed by atoms with E-state index in [-0.39, 0.29) is 21.7 Å². The van der Waals surface area contributed by atoms with Crippen LogP contribution in [-0.4, -0.2) is 24.4 Å². The number of allylic oxidation sites excluding steroid dienone is 10. The lowest BCUT2D eigenvalue weighted by molar-refractivity contribution is -0.401. The van der Waals surface area contributed by atoms with E-state index in [1.165, 1.54) is 88.9 Å². The first-order chi connectivity index (χ1) is 34.5. The quantitative estimate of drug-likeness (QED) is 0.111. The summed E-state index contributed by atoms with van der Waals surface area (Å²) in [4.78, 5) is 2.47. The van der Waals surface area contributed by atoms with Crippen molar-refractivity contribution in [3.05, 3.63) is 287 Å². The number of rotatable bonds is 12. The van der Waals surface area contributed by atoms with E-state index in [2.05, 4.69) is 288 Å². The average Bonchev–Trinajstić information content (AvgIpc) is 3.83. The molecule has 3 aliphatic rings. The van der Waals surface area contributed by atoms with Crippen LogP contribution in [0.1, 0.15) is 61.1 Å². The number of benzene rings is 8. The second-order valence-corrected chi connectivity index (χ2v) is 21.4. The van der Waals surface area contributed by atoms with Crippen LogP contribution in [0.2, 0.25) is 0 Å². The molecule has 0 saturated carbocycles. The normalized spacial score (nSPS) is 18.6. The Kier molecular flexibility index (Phi) is 11.8. The molecule has 0 amide bonds. The van der Waals surface area contributed by atoms with Crippen LogP contribution in [0.5, 0.6) is 0 Å². The fraction of sp³-hybridized carbons (Fsp3) is 0.203. The third kappa shape index (κ3) is 7.95. The summed E-state index contributed by atoms with van der Waals surface area (Å²) in [5.74, 6) is 0. The van der Waals surface area contributed by atoms with Gasteiger partial charge < -0.3 is 4.90 Å². The maximum Gasteiger partial charge on any atom is 0.210 e. The molecule has 0 bridgehead atoms. The molecule has 2 heteroatoms. The lowest BCUT2D eigenvalue weighted by atomic mass is 9.65. The monoisotopic (exact) mass is 922 g/mol. The molecule has 0 spiro atoms. The Balaban J connectivity index is 1.00. The van der Waals surface area contributed by atoms with Crippen molar-refractivity contribution in [1.29, 1.82) is 0 Å². The van der Waals surface area contributed by atoms with Crippen LogP contribution in [-0.2, 0) is 36.5 Å². The predicted octanol–water partition coefficient (Wildman–Crippen LogP) is 16.2. The standard InChI is InChI=1S/C69H65N2/c1-66(2)56(35-23-39-62-68(46-50-25-11-7-12-26-50,47-51-27-13-8-14-28-51)64-58-37-21-19-33-54(58)41-43-60(64)70(62)5)45-57(67(66,3)4)36-24-40-63-69(48-52-29-15-9-16-30-52,49-53-31-17-10-18-32-53)65-59-38-22-20-34-55(59)42-44-61(65)71(63)6/h7-45H,46-49H2,1-6H3/q+1. The Hall–Kier alpha value is -7.55. The maximum absolute atomic E-state index is 2.47. The largest absolute Gasteiger partial charge is 0.347 e. The minimum absolute atomic E-state index is 0.121. The second kappa shape index (κ2) is 18.3. The molecule has 2 heterocycles. The van der Waals surface area contributed by atoms with Gasteiger partial charge >= 0.3 is 0 Å². The minimum atomic E-state index is -0.306. The van der Waals surface area contributed by atoms with E-state index >= 15 is 0 Å². The van der Waals surface area contributed by atoms with E-state index in [0.29, 0.717) is 0 Å². The highest BCUT2D eigenvalue weighted by Gasteiger charge is 2.52. The number of nitrogens with zero attached hydrogens (tertiary/aromatic N) is 2. The molecule has 0 N–H and O–H groups in total. The Labute approximate surface area is 422 Å². The molecule has 0 aromatic heterocycles. The highest BCUT2D eigenvalue weighted by Crippen LogP contribution is 2.57. The van der Waals surface area contributed by atoms with Gasteiger partial charge in [-0.05, 0) is 115 Å². The van der Waals surface area contributed by atoms with Crippen LogP contribution < -0.4 is 4.90 Å². The van der Waals surface area contributed by atoms with E-state index in [1.807, 2.05) is 0 Å². The lowest BCUT2D eigenvalue weighted by Gasteiger charge is -2.38. The van der Waals surface area contributed by atoms with Crippen LogP contribution in [0.25, 0.3) is 21.5 Å². The van der Waals surface area contributed by atoms with Gasteiger partial charge in [0.25, 0.3) is 0 Å².